The lowest BCUT2D eigenvalue weighted by Gasteiger charge is -2.13. The van der Waals surface area contributed by atoms with E-state index in [4.69, 9.17) is 0 Å². The summed E-state index contributed by atoms with van der Waals surface area (Å²) in [4.78, 5) is 26.2. The van der Waals surface area contributed by atoms with Crippen LogP contribution in [0.15, 0.2) is 48.5 Å². The number of amides is 2. The average molecular weight is 323 g/mol. The van der Waals surface area contributed by atoms with E-state index in [-0.39, 0.29) is 17.7 Å². The summed E-state index contributed by atoms with van der Waals surface area (Å²) in [5, 5.41) is 5.73. The van der Waals surface area contributed by atoms with Gasteiger partial charge in [0.15, 0.2) is 0 Å². The Morgan fingerprint density at radius 3 is 2.29 bits per heavy atom. The number of carbonyl (C=O) groups is 2. The Morgan fingerprint density at radius 2 is 1.67 bits per heavy atom. The molecule has 0 saturated heterocycles. The van der Waals surface area contributed by atoms with Gasteiger partial charge in [0.2, 0.25) is 5.91 Å². The van der Waals surface area contributed by atoms with Crippen molar-refractivity contribution < 1.29 is 9.59 Å². The molecular formula is C19H21N3O2. The molecule has 5 heteroatoms. The molecule has 0 heterocycles. The van der Waals surface area contributed by atoms with Gasteiger partial charge in [-0.1, -0.05) is 6.07 Å². The van der Waals surface area contributed by atoms with Crippen LogP contribution in [0.3, 0.4) is 0 Å². The first-order chi connectivity index (χ1) is 11.5. The minimum atomic E-state index is -0.199. The van der Waals surface area contributed by atoms with Gasteiger partial charge in [-0.25, -0.2) is 0 Å². The number of nitrogens with zero attached hydrogens (tertiary/aromatic N) is 1. The molecule has 0 atom stereocenters. The van der Waals surface area contributed by atoms with E-state index in [0.29, 0.717) is 11.3 Å². The van der Waals surface area contributed by atoms with Crippen LogP contribution >= 0.6 is 0 Å². The number of hydrogen-bond donors (Lipinski definition) is 2. The summed E-state index contributed by atoms with van der Waals surface area (Å²) in [6, 6.07) is 14.6. The van der Waals surface area contributed by atoms with Crippen LogP contribution in [0.2, 0.25) is 0 Å². The average Bonchev–Trinajstić information content (AvgIpc) is 3.40. The fourth-order valence-corrected chi connectivity index (χ4v) is 2.37. The maximum Gasteiger partial charge on any atom is 0.255 e. The molecule has 5 nitrogen and oxygen atoms in total. The van der Waals surface area contributed by atoms with Crippen molar-refractivity contribution in [1.29, 1.82) is 0 Å². The highest BCUT2D eigenvalue weighted by Gasteiger charge is 2.29. The van der Waals surface area contributed by atoms with Gasteiger partial charge >= 0.3 is 0 Å². The van der Waals surface area contributed by atoms with Gasteiger partial charge in [0, 0.05) is 42.6 Å². The van der Waals surface area contributed by atoms with Crippen LogP contribution in [-0.4, -0.2) is 25.9 Å². The Kier molecular flexibility index (Phi) is 4.51. The molecule has 0 aliphatic heterocycles. The minimum absolute atomic E-state index is 0.0341. The first kappa shape index (κ1) is 16.1. The fraction of sp³-hybridized carbons (Fsp3) is 0.263. The molecule has 1 aliphatic rings. The molecule has 0 aromatic heterocycles. The van der Waals surface area contributed by atoms with Crippen LogP contribution in [0, 0.1) is 5.92 Å². The first-order valence-corrected chi connectivity index (χ1v) is 8.02. The summed E-state index contributed by atoms with van der Waals surface area (Å²) >= 11 is 0. The smallest absolute Gasteiger partial charge is 0.255 e. The molecule has 0 unspecified atom stereocenters. The molecule has 0 bridgehead atoms. The normalized spacial score (nSPS) is 13.2. The Hall–Kier alpha value is -2.82. The third-order valence-electron chi connectivity index (χ3n) is 3.98. The van der Waals surface area contributed by atoms with Crippen molar-refractivity contribution in [3.63, 3.8) is 0 Å². The number of anilines is 3. The van der Waals surface area contributed by atoms with Crippen LogP contribution in [0.1, 0.15) is 23.2 Å². The Morgan fingerprint density at radius 1 is 0.958 bits per heavy atom. The van der Waals surface area contributed by atoms with Gasteiger partial charge in [-0.2, -0.15) is 0 Å². The molecule has 1 aliphatic carbocycles. The van der Waals surface area contributed by atoms with Gasteiger partial charge in [0.1, 0.15) is 0 Å². The molecule has 1 fully saturated rings. The summed E-state index contributed by atoms with van der Waals surface area (Å²) in [6.07, 6.45) is 1.91. The molecular weight excluding hydrogens is 302 g/mol. The largest absolute Gasteiger partial charge is 0.378 e. The van der Waals surface area contributed by atoms with Crippen molar-refractivity contribution in [3.8, 4) is 0 Å². The van der Waals surface area contributed by atoms with Gasteiger partial charge < -0.3 is 15.5 Å². The summed E-state index contributed by atoms with van der Waals surface area (Å²) < 4.78 is 0. The number of carbonyl (C=O) groups excluding carboxylic acids is 2. The van der Waals surface area contributed by atoms with E-state index in [9.17, 15) is 9.59 Å². The molecule has 1 saturated carbocycles. The summed E-state index contributed by atoms with van der Waals surface area (Å²) in [5.74, 6) is -0.0281. The number of rotatable bonds is 5. The summed E-state index contributed by atoms with van der Waals surface area (Å²) in [7, 11) is 3.93. The zero-order valence-corrected chi connectivity index (χ0v) is 13.9. The van der Waals surface area contributed by atoms with Crippen molar-refractivity contribution in [2.75, 3.05) is 29.6 Å². The van der Waals surface area contributed by atoms with E-state index in [2.05, 4.69) is 10.6 Å². The molecule has 24 heavy (non-hydrogen) atoms. The number of nitrogens with one attached hydrogen (secondary N) is 2. The lowest BCUT2D eigenvalue weighted by atomic mass is 10.1. The third-order valence-corrected chi connectivity index (χ3v) is 3.98. The predicted molar refractivity (Wildman–Crippen MR) is 96.5 cm³/mol. The van der Waals surface area contributed by atoms with E-state index < -0.39 is 0 Å². The predicted octanol–water partition coefficient (Wildman–Crippen LogP) is 3.35. The van der Waals surface area contributed by atoms with Crippen molar-refractivity contribution >= 4 is 28.9 Å². The molecule has 2 amide bonds. The zero-order chi connectivity index (χ0) is 17.1. The molecule has 2 aromatic carbocycles. The number of hydrogen-bond acceptors (Lipinski definition) is 3. The van der Waals surface area contributed by atoms with Gasteiger partial charge in [-0.3, -0.25) is 9.59 Å². The lowest BCUT2D eigenvalue weighted by Crippen LogP contribution is -2.15. The molecule has 0 spiro atoms. The molecule has 3 rings (SSSR count). The second kappa shape index (κ2) is 6.74. The lowest BCUT2D eigenvalue weighted by molar-refractivity contribution is -0.117. The highest BCUT2D eigenvalue weighted by molar-refractivity contribution is 6.05. The van der Waals surface area contributed by atoms with Crippen molar-refractivity contribution in [3.05, 3.63) is 54.1 Å². The zero-order valence-electron chi connectivity index (χ0n) is 13.9. The van der Waals surface area contributed by atoms with Gasteiger partial charge in [-0.05, 0) is 55.3 Å². The van der Waals surface area contributed by atoms with Crippen LogP contribution in [-0.2, 0) is 4.79 Å². The fourth-order valence-electron chi connectivity index (χ4n) is 2.37. The molecule has 0 radical (unpaired) electrons. The van der Waals surface area contributed by atoms with Gasteiger partial charge in [-0.15, -0.1) is 0 Å². The van der Waals surface area contributed by atoms with Crippen LogP contribution in [0.25, 0.3) is 0 Å². The standard InChI is InChI=1S/C19H21N3O2/c1-22(2)17-10-8-15(9-11-17)20-19(24)14-4-3-5-16(12-14)21-18(23)13-6-7-13/h3-5,8-13H,6-7H2,1-2H3,(H,20,24)(H,21,23). The van der Waals surface area contributed by atoms with Gasteiger partial charge in [0.25, 0.3) is 5.91 Å². The highest BCUT2D eigenvalue weighted by Crippen LogP contribution is 2.30. The topological polar surface area (TPSA) is 61.4 Å². The van der Waals surface area contributed by atoms with E-state index in [1.807, 2.05) is 43.3 Å². The van der Waals surface area contributed by atoms with Crippen molar-refractivity contribution in [2.24, 2.45) is 5.92 Å². The summed E-state index contributed by atoms with van der Waals surface area (Å²) in [6.45, 7) is 0. The van der Waals surface area contributed by atoms with Crippen LogP contribution in [0.4, 0.5) is 17.1 Å². The van der Waals surface area contributed by atoms with E-state index >= 15 is 0 Å². The highest BCUT2D eigenvalue weighted by atomic mass is 16.2. The van der Waals surface area contributed by atoms with Crippen LogP contribution < -0.4 is 15.5 Å². The maximum atomic E-state index is 12.4. The van der Waals surface area contributed by atoms with Crippen molar-refractivity contribution in [1.82, 2.24) is 0 Å². The second-order valence-electron chi connectivity index (χ2n) is 6.24. The van der Waals surface area contributed by atoms with Crippen LogP contribution in [0.5, 0.6) is 0 Å². The SMILES string of the molecule is CN(C)c1ccc(NC(=O)c2cccc(NC(=O)C3CC3)c2)cc1. The number of benzene rings is 2. The minimum Gasteiger partial charge on any atom is -0.378 e. The molecule has 2 aromatic rings. The van der Waals surface area contributed by atoms with E-state index in [1.54, 1.807) is 24.3 Å². The Labute approximate surface area is 141 Å². The monoisotopic (exact) mass is 323 g/mol. The quantitative estimate of drug-likeness (QED) is 0.887. The van der Waals surface area contributed by atoms with Gasteiger partial charge in [0.05, 0.1) is 0 Å². The van der Waals surface area contributed by atoms with E-state index in [0.717, 1.165) is 24.2 Å². The Balaban J connectivity index is 1.66. The molecule has 124 valence electrons. The third kappa shape index (κ3) is 3.93. The Bertz CT molecular complexity index is 749. The van der Waals surface area contributed by atoms with Crippen molar-refractivity contribution in [2.45, 2.75) is 12.8 Å². The van der Waals surface area contributed by atoms with E-state index in [1.165, 1.54) is 0 Å². The molecule has 2 N–H and O–H groups in total. The maximum absolute atomic E-state index is 12.4. The second-order valence-corrected chi connectivity index (χ2v) is 6.24. The first-order valence-electron chi connectivity index (χ1n) is 8.02. The summed E-state index contributed by atoms with van der Waals surface area (Å²) in [5.41, 5.74) is 2.97.